The Hall–Kier alpha value is -1.49. The van der Waals surface area contributed by atoms with Gasteiger partial charge in [0.15, 0.2) is 0 Å². The molecule has 0 spiro atoms. The van der Waals surface area contributed by atoms with Crippen molar-refractivity contribution in [3.63, 3.8) is 0 Å². The lowest BCUT2D eigenvalue weighted by atomic mass is 10.0. The SMILES string of the molecule is CCNC(C(=O)OCC)c1ccc(C(F)F)cc1. The number of esters is 1. The molecule has 0 saturated heterocycles. The van der Waals surface area contributed by atoms with Crippen molar-refractivity contribution in [2.45, 2.75) is 26.3 Å². The van der Waals surface area contributed by atoms with E-state index in [1.54, 1.807) is 6.92 Å². The summed E-state index contributed by atoms with van der Waals surface area (Å²) < 4.78 is 29.8. The third-order valence-electron chi connectivity index (χ3n) is 2.45. The molecular formula is C13H17F2NO2. The second kappa shape index (κ2) is 7.06. The van der Waals surface area contributed by atoms with E-state index < -0.39 is 18.4 Å². The summed E-state index contributed by atoms with van der Waals surface area (Å²) in [4.78, 5) is 11.7. The van der Waals surface area contributed by atoms with Crippen LogP contribution in [0.1, 0.15) is 37.4 Å². The largest absolute Gasteiger partial charge is 0.465 e. The number of carbonyl (C=O) groups is 1. The van der Waals surface area contributed by atoms with Crippen LogP contribution in [0.2, 0.25) is 0 Å². The van der Waals surface area contributed by atoms with Gasteiger partial charge < -0.3 is 10.1 Å². The minimum atomic E-state index is -2.50. The van der Waals surface area contributed by atoms with Crippen molar-refractivity contribution < 1.29 is 18.3 Å². The highest BCUT2D eigenvalue weighted by molar-refractivity contribution is 5.77. The van der Waals surface area contributed by atoms with Gasteiger partial charge >= 0.3 is 5.97 Å². The van der Waals surface area contributed by atoms with Crippen molar-refractivity contribution in [2.24, 2.45) is 0 Å². The molecule has 18 heavy (non-hydrogen) atoms. The van der Waals surface area contributed by atoms with Crippen molar-refractivity contribution in [2.75, 3.05) is 13.2 Å². The van der Waals surface area contributed by atoms with Crippen LogP contribution in [-0.4, -0.2) is 19.1 Å². The van der Waals surface area contributed by atoms with Crippen LogP contribution in [0.15, 0.2) is 24.3 Å². The zero-order valence-electron chi connectivity index (χ0n) is 10.5. The first-order chi connectivity index (χ1) is 8.60. The molecule has 5 heteroatoms. The maximum absolute atomic E-state index is 12.4. The highest BCUT2D eigenvalue weighted by Crippen LogP contribution is 2.22. The fraction of sp³-hybridized carbons (Fsp3) is 0.462. The third kappa shape index (κ3) is 3.77. The monoisotopic (exact) mass is 257 g/mol. The summed E-state index contributed by atoms with van der Waals surface area (Å²) in [6.07, 6.45) is -2.50. The molecular weight excluding hydrogens is 240 g/mol. The molecule has 1 N–H and O–H groups in total. The van der Waals surface area contributed by atoms with Gasteiger partial charge in [-0.05, 0) is 19.0 Å². The molecule has 1 unspecified atom stereocenters. The number of halogens is 2. The van der Waals surface area contributed by atoms with E-state index in [-0.39, 0.29) is 12.2 Å². The van der Waals surface area contributed by atoms with Gasteiger partial charge in [-0.2, -0.15) is 0 Å². The first-order valence-corrected chi connectivity index (χ1v) is 5.88. The van der Waals surface area contributed by atoms with Crippen LogP contribution in [0.25, 0.3) is 0 Å². The van der Waals surface area contributed by atoms with Crippen LogP contribution in [-0.2, 0) is 9.53 Å². The molecule has 0 radical (unpaired) electrons. The molecule has 0 aliphatic heterocycles. The summed E-state index contributed by atoms with van der Waals surface area (Å²) in [6, 6.07) is 5.08. The summed E-state index contributed by atoms with van der Waals surface area (Å²) in [5.41, 5.74) is 0.567. The Bertz CT molecular complexity index is 379. The lowest BCUT2D eigenvalue weighted by Crippen LogP contribution is -2.30. The lowest BCUT2D eigenvalue weighted by Gasteiger charge is -2.16. The van der Waals surface area contributed by atoms with E-state index in [0.29, 0.717) is 12.1 Å². The Morgan fingerprint density at radius 2 is 1.78 bits per heavy atom. The van der Waals surface area contributed by atoms with E-state index in [1.807, 2.05) is 6.92 Å². The molecule has 0 aliphatic rings. The molecule has 1 aromatic rings. The number of carbonyl (C=O) groups excluding carboxylic acids is 1. The number of alkyl halides is 2. The van der Waals surface area contributed by atoms with Crippen molar-refractivity contribution in [1.82, 2.24) is 5.32 Å². The number of likely N-dealkylation sites (N-methyl/N-ethyl adjacent to an activating group) is 1. The van der Waals surface area contributed by atoms with Gasteiger partial charge in [0.2, 0.25) is 0 Å². The lowest BCUT2D eigenvalue weighted by molar-refractivity contribution is -0.145. The Morgan fingerprint density at radius 1 is 1.22 bits per heavy atom. The minimum absolute atomic E-state index is 0.0575. The van der Waals surface area contributed by atoms with Crippen LogP contribution in [0.4, 0.5) is 8.78 Å². The molecule has 0 aliphatic carbocycles. The topological polar surface area (TPSA) is 38.3 Å². The van der Waals surface area contributed by atoms with Gasteiger partial charge in [-0.3, -0.25) is 0 Å². The quantitative estimate of drug-likeness (QED) is 0.796. The Labute approximate surface area is 105 Å². The zero-order valence-corrected chi connectivity index (χ0v) is 10.5. The molecule has 0 fully saturated rings. The van der Waals surface area contributed by atoms with Gasteiger partial charge in [-0.1, -0.05) is 31.2 Å². The van der Waals surface area contributed by atoms with E-state index >= 15 is 0 Å². The fourth-order valence-electron chi connectivity index (χ4n) is 1.60. The number of rotatable bonds is 6. The zero-order chi connectivity index (χ0) is 13.5. The molecule has 0 amide bonds. The average molecular weight is 257 g/mol. The summed E-state index contributed by atoms with van der Waals surface area (Å²) in [7, 11) is 0. The predicted molar refractivity (Wildman–Crippen MR) is 64.4 cm³/mol. The molecule has 1 atom stereocenters. The fourth-order valence-corrected chi connectivity index (χ4v) is 1.60. The van der Waals surface area contributed by atoms with Crippen molar-refractivity contribution >= 4 is 5.97 Å². The van der Waals surface area contributed by atoms with Gasteiger partial charge in [0.25, 0.3) is 6.43 Å². The van der Waals surface area contributed by atoms with Crippen molar-refractivity contribution in [3.05, 3.63) is 35.4 Å². The number of nitrogens with one attached hydrogen (secondary N) is 1. The average Bonchev–Trinajstić information content (AvgIpc) is 2.36. The molecule has 100 valence electrons. The molecule has 0 saturated carbocycles. The van der Waals surface area contributed by atoms with E-state index in [2.05, 4.69) is 5.32 Å². The Kier molecular flexibility index (Phi) is 5.71. The first-order valence-electron chi connectivity index (χ1n) is 5.88. The maximum atomic E-state index is 12.4. The van der Waals surface area contributed by atoms with E-state index in [1.165, 1.54) is 24.3 Å². The van der Waals surface area contributed by atoms with Crippen LogP contribution in [0, 0.1) is 0 Å². The minimum Gasteiger partial charge on any atom is -0.465 e. The van der Waals surface area contributed by atoms with E-state index in [0.717, 1.165) is 0 Å². The normalized spacial score (nSPS) is 12.5. The molecule has 3 nitrogen and oxygen atoms in total. The number of hydrogen-bond acceptors (Lipinski definition) is 3. The Morgan fingerprint density at radius 3 is 2.22 bits per heavy atom. The Balaban J connectivity index is 2.88. The highest BCUT2D eigenvalue weighted by Gasteiger charge is 2.21. The van der Waals surface area contributed by atoms with Crippen molar-refractivity contribution in [1.29, 1.82) is 0 Å². The first kappa shape index (κ1) is 14.6. The van der Waals surface area contributed by atoms with Gasteiger partial charge in [0, 0.05) is 5.56 Å². The van der Waals surface area contributed by atoms with E-state index in [9.17, 15) is 13.6 Å². The molecule has 0 bridgehead atoms. The summed E-state index contributed by atoms with van der Waals surface area (Å²) in [5.74, 6) is -0.399. The smallest absolute Gasteiger partial charge is 0.327 e. The number of ether oxygens (including phenoxy) is 1. The summed E-state index contributed by atoms with van der Waals surface area (Å²) in [5, 5.41) is 2.97. The van der Waals surface area contributed by atoms with Crippen molar-refractivity contribution in [3.8, 4) is 0 Å². The second-order valence-electron chi connectivity index (χ2n) is 3.71. The summed E-state index contributed by atoms with van der Waals surface area (Å²) >= 11 is 0. The van der Waals surface area contributed by atoms with Gasteiger partial charge in [-0.25, -0.2) is 13.6 Å². The van der Waals surface area contributed by atoms with E-state index in [4.69, 9.17) is 4.74 Å². The van der Waals surface area contributed by atoms with Gasteiger partial charge in [-0.15, -0.1) is 0 Å². The van der Waals surface area contributed by atoms with Gasteiger partial charge in [0.05, 0.1) is 6.61 Å². The third-order valence-corrected chi connectivity index (χ3v) is 2.45. The van der Waals surface area contributed by atoms with Crippen LogP contribution in [0.5, 0.6) is 0 Å². The summed E-state index contributed by atoms with van der Waals surface area (Å²) in [6.45, 7) is 4.45. The standard InChI is InChI=1S/C13H17F2NO2/c1-3-16-11(13(17)18-4-2)9-5-7-10(8-6-9)12(14)15/h5-8,11-12,16H,3-4H2,1-2H3. The van der Waals surface area contributed by atoms with Gasteiger partial charge in [0.1, 0.15) is 6.04 Å². The maximum Gasteiger partial charge on any atom is 0.327 e. The van der Waals surface area contributed by atoms with Crippen LogP contribution >= 0.6 is 0 Å². The number of benzene rings is 1. The predicted octanol–water partition coefficient (Wildman–Crippen LogP) is 2.84. The molecule has 0 aromatic heterocycles. The molecule has 1 aromatic carbocycles. The van der Waals surface area contributed by atoms with Crippen LogP contribution < -0.4 is 5.32 Å². The molecule has 0 heterocycles. The van der Waals surface area contributed by atoms with Crippen LogP contribution in [0.3, 0.4) is 0 Å². The molecule has 1 rings (SSSR count). The second-order valence-corrected chi connectivity index (χ2v) is 3.71. The number of hydrogen-bond donors (Lipinski definition) is 1. The highest BCUT2D eigenvalue weighted by atomic mass is 19.3.